The minimum Gasteiger partial charge on any atom is -0.385 e. The summed E-state index contributed by atoms with van der Waals surface area (Å²) >= 11 is 0. The number of amides is 1. The van der Waals surface area contributed by atoms with E-state index in [-0.39, 0.29) is 11.3 Å². The third-order valence-electron chi connectivity index (χ3n) is 2.90. The topological polar surface area (TPSA) is 32.3 Å². The molecule has 0 saturated heterocycles. The predicted octanol–water partition coefficient (Wildman–Crippen LogP) is 3.54. The van der Waals surface area contributed by atoms with E-state index in [4.69, 9.17) is 0 Å². The van der Waals surface area contributed by atoms with Crippen molar-refractivity contribution >= 4 is 11.6 Å². The van der Waals surface area contributed by atoms with Crippen molar-refractivity contribution in [3.8, 4) is 0 Å². The van der Waals surface area contributed by atoms with Gasteiger partial charge >= 0.3 is 0 Å². The van der Waals surface area contributed by atoms with Gasteiger partial charge in [0.25, 0.3) is 5.91 Å². The third-order valence-corrected chi connectivity index (χ3v) is 2.90. The number of nitrogens with one attached hydrogen (secondary N) is 1. The number of carbonyl (C=O) groups is 1. The first-order chi connectivity index (χ1) is 8.74. The SMILES string of the molecule is CCNc1ccc(C(=O)N(C)CC(C)(C)C)c(C)c1. The van der Waals surface area contributed by atoms with Crippen LogP contribution in [0.3, 0.4) is 0 Å². The molecular formula is C16H26N2O. The van der Waals surface area contributed by atoms with Gasteiger partial charge in [-0.05, 0) is 43.0 Å². The minimum absolute atomic E-state index is 0.0930. The Labute approximate surface area is 117 Å². The van der Waals surface area contributed by atoms with Crippen molar-refractivity contribution in [3.63, 3.8) is 0 Å². The molecule has 1 N–H and O–H groups in total. The third kappa shape index (κ3) is 4.58. The largest absolute Gasteiger partial charge is 0.385 e. The smallest absolute Gasteiger partial charge is 0.253 e. The number of benzene rings is 1. The van der Waals surface area contributed by atoms with Crippen LogP contribution in [0, 0.1) is 12.3 Å². The summed E-state index contributed by atoms with van der Waals surface area (Å²) in [6.45, 7) is 12.1. The van der Waals surface area contributed by atoms with Crippen LogP contribution < -0.4 is 5.32 Å². The zero-order valence-electron chi connectivity index (χ0n) is 13.0. The standard InChI is InChI=1S/C16H26N2O/c1-7-17-13-8-9-14(12(2)10-13)15(19)18(6)11-16(3,4)5/h8-10,17H,7,11H2,1-6H3. The van der Waals surface area contributed by atoms with Crippen molar-refractivity contribution in [2.45, 2.75) is 34.6 Å². The van der Waals surface area contributed by atoms with Gasteiger partial charge < -0.3 is 10.2 Å². The number of rotatable bonds is 4. The lowest BCUT2D eigenvalue weighted by molar-refractivity contribution is 0.0745. The molecular weight excluding hydrogens is 236 g/mol. The van der Waals surface area contributed by atoms with Gasteiger partial charge in [0.2, 0.25) is 0 Å². The van der Waals surface area contributed by atoms with Gasteiger partial charge in [-0.2, -0.15) is 0 Å². The number of hydrogen-bond acceptors (Lipinski definition) is 2. The number of carbonyl (C=O) groups excluding carboxylic acids is 1. The van der Waals surface area contributed by atoms with E-state index in [0.717, 1.165) is 29.9 Å². The first-order valence-corrected chi connectivity index (χ1v) is 6.84. The molecule has 1 rings (SSSR count). The van der Waals surface area contributed by atoms with E-state index in [0.29, 0.717) is 0 Å². The van der Waals surface area contributed by atoms with Gasteiger partial charge in [-0.15, -0.1) is 0 Å². The molecule has 0 radical (unpaired) electrons. The van der Waals surface area contributed by atoms with Gasteiger partial charge in [-0.3, -0.25) is 4.79 Å². The van der Waals surface area contributed by atoms with Crippen molar-refractivity contribution < 1.29 is 4.79 Å². The summed E-state index contributed by atoms with van der Waals surface area (Å²) in [6, 6.07) is 5.91. The lowest BCUT2D eigenvalue weighted by Crippen LogP contribution is -2.34. The van der Waals surface area contributed by atoms with Crippen molar-refractivity contribution in [2.75, 3.05) is 25.5 Å². The van der Waals surface area contributed by atoms with Gasteiger partial charge in [-0.25, -0.2) is 0 Å². The van der Waals surface area contributed by atoms with Crippen LogP contribution in [0.25, 0.3) is 0 Å². The summed E-state index contributed by atoms with van der Waals surface area (Å²) in [5.41, 5.74) is 2.98. The summed E-state index contributed by atoms with van der Waals surface area (Å²) in [7, 11) is 1.87. The summed E-state index contributed by atoms with van der Waals surface area (Å²) in [6.07, 6.45) is 0. The summed E-state index contributed by atoms with van der Waals surface area (Å²) in [5, 5.41) is 3.26. The quantitative estimate of drug-likeness (QED) is 0.900. The molecule has 1 aromatic rings. The van der Waals surface area contributed by atoms with Crippen molar-refractivity contribution in [1.29, 1.82) is 0 Å². The van der Waals surface area contributed by atoms with Gasteiger partial charge in [0.05, 0.1) is 0 Å². The Morgan fingerprint density at radius 2 is 1.95 bits per heavy atom. The molecule has 0 fully saturated rings. The molecule has 19 heavy (non-hydrogen) atoms. The number of aryl methyl sites for hydroxylation is 1. The zero-order valence-corrected chi connectivity index (χ0v) is 13.0. The fourth-order valence-corrected chi connectivity index (χ4v) is 2.21. The highest BCUT2D eigenvalue weighted by atomic mass is 16.2. The fourth-order valence-electron chi connectivity index (χ4n) is 2.21. The summed E-state index contributed by atoms with van der Waals surface area (Å²) in [5.74, 6) is 0.0930. The van der Waals surface area contributed by atoms with E-state index in [2.05, 4.69) is 33.0 Å². The highest BCUT2D eigenvalue weighted by molar-refractivity contribution is 5.96. The molecule has 0 aliphatic rings. The Hall–Kier alpha value is -1.51. The summed E-state index contributed by atoms with van der Waals surface area (Å²) < 4.78 is 0. The zero-order chi connectivity index (χ0) is 14.6. The predicted molar refractivity (Wildman–Crippen MR) is 81.8 cm³/mol. The van der Waals surface area contributed by atoms with E-state index in [1.807, 2.05) is 32.2 Å². The molecule has 0 atom stereocenters. The van der Waals surface area contributed by atoms with Crippen molar-refractivity contribution in [1.82, 2.24) is 4.90 Å². The lowest BCUT2D eigenvalue weighted by Gasteiger charge is -2.27. The molecule has 0 spiro atoms. The van der Waals surface area contributed by atoms with Crippen LogP contribution in [0.2, 0.25) is 0 Å². The molecule has 0 aliphatic carbocycles. The van der Waals surface area contributed by atoms with Gasteiger partial charge in [0, 0.05) is 31.4 Å². The van der Waals surface area contributed by atoms with Crippen LogP contribution in [-0.2, 0) is 0 Å². The lowest BCUT2D eigenvalue weighted by atomic mass is 9.95. The maximum atomic E-state index is 12.4. The molecule has 0 heterocycles. The molecule has 0 bridgehead atoms. The van der Waals surface area contributed by atoms with E-state index < -0.39 is 0 Å². The summed E-state index contributed by atoms with van der Waals surface area (Å²) in [4.78, 5) is 14.2. The molecule has 106 valence electrons. The normalized spacial score (nSPS) is 11.3. The highest BCUT2D eigenvalue weighted by Crippen LogP contribution is 2.19. The minimum atomic E-state index is 0.0930. The van der Waals surface area contributed by atoms with E-state index in [9.17, 15) is 4.79 Å². The first-order valence-electron chi connectivity index (χ1n) is 6.84. The second kappa shape index (κ2) is 6.09. The highest BCUT2D eigenvalue weighted by Gasteiger charge is 2.20. The van der Waals surface area contributed by atoms with Crippen LogP contribution in [0.4, 0.5) is 5.69 Å². The van der Waals surface area contributed by atoms with Crippen molar-refractivity contribution in [2.24, 2.45) is 5.41 Å². The maximum absolute atomic E-state index is 12.4. The van der Waals surface area contributed by atoms with E-state index >= 15 is 0 Å². The van der Waals surface area contributed by atoms with Crippen LogP contribution in [-0.4, -0.2) is 30.9 Å². The molecule has 3 heteroatoms. The fraction of sp³-hybridized carbons (Fsp3) is 0.562. The Morgan fingerprint density at radius 3 is 2.42 bits per heavy atom. The molecule has 1 amide bonds. The first kappa shape index (κ1) is 15.5. The maximum Gasteiger partial charge on any atom is 0.253 e. The van der Waals surface area contributed by atoms with Gasteiger partial charge in [0.1, 0.15) is 0 Å². The molecule has 0 aromatic heterocycles. The molecule has 3 nitrogen and oxygen atoms in total. The average molecular weight is 262 g/mol. The number of anilines is 1. The van der Waals surface area contributed by atoms with Crippen LogP contribution in [0.15, 0.2) is 18.2 Å². The molecule has 0 saturated carbocycles. The molecule has 0 aliphatic heterocycles. The molecule has 1 aromatic carbocycles. The van der Waals surface area contributed by atoms with Crippen molar-refractivity contribution in [3.05, 3.63) is 29.3 Å². The average Bonchev–Trinajstić information content (AvgIpc) is 2.26. The van der Waals surface area contributed by atoms with Gasteiger partial charge in [-0.1, -0.05) is 20.8 Å². The van der Waals surface area contributed by atoms with E-state index in [1.54, 1.807) is 4.90 Å². The number of hydrogen-bond donors (Lipinski definition) is 1. The Bertz CT molecular complexity index is 447. The number of nitrogens with zero attached hydrogens (tertiary/aromatic N) is 1. The van der Waals surface area contributed by atoms with E-state index in [1.165, 1.54) is 0 Å². The Morgan fingerprint density at radius 1 is 1.32 bits per heavy atom. The van der Waals surface area contributed by atoms with Crippen LogP contribution in [0.1, 0.15) is 43.6 Å². The van der Waals surface area contributed by atoms with Crippen LogP contribution in [0.5, 0.6) is 0 Å². The monoisotopic (exact) mass is 262 g/mol. The van der Waals surface area contributed by atoms with Crippen LogP contribution >= 0.6 is 0 Å². The van der Waals surface area contributed by atoms with Gasteiger partial charge in [0.15, 0.2) is 0 Å². The Kier molecular flexibility index (Phi) is 4.98. The Balaban J connectivity index is 2.88. The second-order valence-corrected chi connectivity index (χ2v) is 6.28. The molecule has 0 unspecified atom stereocenters. The second-order valence-electron chi connectivity index (χ2n) is 6.28.